The highest BCUT2D eigenvalue weighted by Crippen LogP contribution is 2.13. The summed E-state index contributed by atoms with van der Waals surface area (Å²) in [5, 5.41) is 18.0. The van der Waals surface area contributed by atoms with Gasteiger partial charge in [0.25, 0.3) is 0 Å². The van der Waals surface area contributed by atoms with Gasteiger partial charge in [-0.3, -0.25) is 0 Å². The molecule has 1 unspecified atom stereocenters. The van der Waals surface area contributed by atoms with Crippen molar-refractivity contribution in [3.8, 4) is 0 Å². The summed E-state index contributed by atoms with van der Waals surface area (Å²) >= 11 is 0. The van der Waals surface area contributed by atoms with Gasteiger partial charge < -0.3 is 14.9 Å². The fourth-order valence-electron chi connectivity index (χ4n) is 2.59. The zero-order valence-electron chi connectivity index (χ0n) is 14.4. The average Bonchev–Trinajstić information content (AvgIpc) is 2.48. The Morgan fingerprint density at radius 3 is 1.77 bits per heavy atom. The van der Waals surface area contributed by atoms with Crippen LogP contribution in [0.5, 0.6) is 0 Å². The second-order valence-corrected chi connectivity index (χ2v) is 6.24. The molecule has 0 rings (SSSR count). The predicted octanol–water partition coefficient (Wildman–Crippen LogP) is 4.54. The number of rotatable bonds is 17. The van der Waals surface area contributed by atoms with Crippen LogP contribution in [0.25, 0.3) is 0 Å². The fraction of sp³-hybridized carbons (Fsp3) is 0.944. The second kappa shape index (κ2) is 16.8. The van der Waals surface area contributed by atoms with Crippen LogP contribution >= 0.6 is 0 Å². The van der Waals surface area contributed by atoms with Gasteiger partial charge in [-0.05, 0) is 6.42 Å². The maximum atomic E-state index is 10.2. The van der Waals surface area contributed by atoms with Crippen molar-refractivity contribution in [3.05, 3.63) is 0 Å². The molecule has 0 aromatic carbocycles. The lowest BCUT2D eigenvalue weighted by molar-refractivity contribution is -0.143. The Bertz CT molecular complexity index is 243. The Kier molecular flexibility index (Phi) is 16.3. The van der Waals surface area contributed by atoms with Crippen molar-refractivity contribution in [1.29, 1.82) is 0 Å². The Hall–Kier alpha value is -0.610. The van der Waals surface area contributed by atoms with E-state index in [1.807, 2.05) is 0 Å². The van der Waals surface area contributed by atoms with Crippen molar-refractivity contribution in [2.45, 2.75) is 96.5 Å². The molecule has 0 fully saturated rings. The molecule has 4 nitrogen and oxygen atoms in total. The van der Waals surface area contributed by atoms with E-state index in [4.69, 9.17) is 9.84 Å². The van der Waals surface area contributed by atoms with Crippen LogP contribution in [-0.4, -0.2) is 35.5 Å². The first-order valence-electron chi connectivity index (χ1n) is 9.14. The highest BCUT2D eigenvalue weighted by molar-refractivity contribution is 5.67. The number of hydrogen-bond acceptors (Lipinski definition) is 3. The molecule has 0 saturated carbocycles. The first-order chi connectivity index (χ1) is 10.7. The summed E-state index contributed by atoms with van der Waals surface area (Å²) in [4.78, 5) is 10.2. The van der Waals surface area contributed by atoms with E-state index in [1.165, 1.54) is 64.2 Å². The number of unbranched alkanes of at least 4 members (excludes halogenated alkanes) is 11. The van der Waals surface area contributed by atoms with Gasteiger partial charge in [0.15, 0.2) is 0 Å². The first-order valence-corrected chi connectivity index (χ1v) is 9.14. The normalized spacial score (nSPS) is 12.5. The zero-order valence-corrected chi connectivity index (χ0v) is 14.4. The molecule has 0 aliphatic heterocycles. The molecule has 0 aromatic heterocycles. The van der Waals surface area contributed by atoms with Crippen molar-refractivity contribution < 1.29 is 19.7 Å². The van der Waals surface area contributed by atoms with E-state index in [-0.39, 0.29) is 13.2 Å². The van der Waals surface area contributed by atoms with Crippen molar-refractivity contribution in [1.82, 2.24) is 0 Å². The van der Waals surface area contributed by atoms with Crippen LogP contribution in [0.1, 0.15) is 90.4 Å². The van der Waals surface area contributed by atoms with Crippen molar-refractivity contribution in [2.24, 2.45) is 0 Å². The highest BCUT2D eigenvalue weighted by atomic mass is 16.5. The molecule has 0 aromatic rings. The summed E-state index contributed by atoms with van der Waals surface area (Å²) in [5.74, 6) is -0.988. The third-order valence-corrected chi connectivity index (χ3v) is 3.93. The molecule has 0 saturated heterocycles. The monoisotopic (exact) mass is 316 g/mol. The largest absolute Gasteiger partial charge is 0.480 e. The Morgan fingerprint density at radius 1 is 0.864 bits per heavy atom. The molecule has 0 aliphatic carbocycles. The lowest BCUT2D eigenvalue weighted by Crippen LogP contribution is -2.18. The lowest BCUT2D eigenvalue weighted by atomic mass is 10.0. The highest BCUT2D eigenvalue weighted by Gasteiger charge is 2.05. The Balaban J connectivity index is 3.11. The summed E-state index contributed by atoms with van der Waals surface area (Å²) < 4.78 is 4.86. The van der Waals surface area contributed by atoms with E-state index in [9.17, 15) is 9.90 Å². The predicted molar refractivity (Wildman–Crippen MR) is 90.2 cm³/mol. The molecule has 0 amide bonds. The van der Waals surface area contributed by atoms with Crippen LogP contribution in [0.4, 0.5) is 0 Å². The van der Waals surface area contributed by atoms with Crippen LogP contribution in [0.15, 0.2) is 0 Å². The first kappa shape index (κ1) is 21.4. The average molecular weight is 316 g/mol. The molecule has 0 heterocycles. The van der Waals surface area contributed by atoms with E-state index >= 15 is 0 Å². The molecule has 0 bridgehead atoms. The number of aliphatic carboxylic acids is 1. The number of carboxylic acid groups (broad SMARTS) is 1. The molecule has 0 aliphatic rings. The zero-order chi connectivity index (χ0) is 16.5. The maximum absolute atomic E-state index is 10.2. The fourth-order valence-corrected chi connectivity index (χ4v) is 2.59. The smallest absolute Gasteiger partial charge is 0.329 e. The van der Waals surface area contributed by atoms with Gasteiger partial charge in [-0.1, -0.05) is 84.0 Å². The number of aliphatic hydroxyl groups is 1. The van der Waals surface area contributed by atoms with Crippen molar-refractivity contribution >= 4 is 5.97 Å². The van der Waals surface area contributed by atoms with Crippen LogP contribution in [0.2, 0.25) is 0 Å². The number of carboxylic acids is 1. The van der Waals surface area contributed by atoms with Crippen molar-refractivity contribution in [3.63, 3.8) is 0 Å². The third kappa shape index (κ3) is 17.4. The van der Waals surface area contributed by atoms with Gasteiger partial charge in [-0.15, -0.1) is 0 Å². The molecule has 22 heavy (non-hydrogen) atoms. The van der Waals surface area contributed by atoms with Crippen molar-refractivity contribution in [2.75, 3.05) is 13.2 Å². The molecule has 0 spiro atoms. The minimum Gasteiger partial charge on any atom is -0.480 e. The van der Waals surface area contributed by atoms with Gasteiger partial charge in [0.05, 0.1) is 12.7 Å². The molecule has 0 radical (unpaired) electrons. The summed E-state index contributed by atoms with van der Waals surface area (Å²) in [6.07, 6.45) is 15.8. The van der Waals surface area contributed by atoms with Gasteiger partial charge in [-0.2, -0.15) is 0 Å². The van der Waals surface area contributed by atoms with Gasteiger partial charge >= 0.3 is 5.97 Å². The van der Waals surface area contributed by atoms with Crippen LogP contribution in [0.3, 0.4) is 0 Å². The van der Waals surface area contributed by atoms with E-state index in [2.05, 4.69) is 6.92 Å². The summed E-state index contributed by atoms with van der Waals surface area (Å²) in [6.45, 7) is 2.06. The summed E-state index contributed by atoms with van der Waals surface area (Å²) in [7, 11) is 0. The Morgan fingerprint density at radius 2 is 1.32 bits per heavy atom. The van der Waals surface area contributed by atoms with Crippen LogP contribution < -0.4 is 0 Å². The van der Waals surface area contributed by atoms with E-state index < -0.39 is 12.1 Å². The molecular weight excluding hydrogens is 280 g/mol. The van der Waals surface area contributed by atoms with E-state index in [0.717, 1.165) is 12.8 Å². The second-order valence-electron chi connectivity index (χ2n) is 6.24. The SMILES string of the molecule is CCCCCCCCCCCCCCC(O)COCC(=O)O. The summed E-state index contributed by atoms with van der Waals surface area (Å²) in [5.41, 5.74) is 0. The maximum Gasteiger partial charge on any atom is 0.329 e. The topological polar surface area (TPSA) is 66.8 Å². The van der Waals surface area contributed by atoms with Gasteiger partial charge in [0.2, 0.25) is 0 Å². The number of aliphatic hydroxyl groups excluding tert-OH is 1. The van der Waals surface area contributed by atoms with E-state index in [1.54, 1.807) is 0 Å². The van der Waals surface area contributed by atoms with Gasteiger partial charge in [0, 0.05) is 0 Å². The number of ether oxygens (including phenoxy) is 1. The number of carbonyl (C=O) groups is 1. The molecule has 1 atom stereocenters. The van der Waals surface area contributed by atoms with Crippen LogP contribution in [-0.2, 0) is 9.53 Å². The van der Waals surface area contributed by atoms with Gasteiger partial charge in [-0.25, -0.2) is 4.79 Å². The molecular formula is C18H36O4. The molecule has 132 valence electrons. The lowest BCUT2D eigenvalue weighted by Gasteiger charge is -2.09. The minimum atomic E-state index is -0.988. The summed E-state index contributed by atoms with van der Waals surface area (Å²) in [6, 6.07) is 0. The number of hydrogen-bond donors (Lipinski definition) is 2. The Labute approximate surface area is 136 Å². The molecule has 4 heteroatoms. The van der Waals surface area contributed by atoms with Crippen LogP contribution in [0, 0.1) is 0 Å². The quantitative estimate of drug-likeness (QED) is 0.387. The minimum absolute atomic E-state index is 0.129. The standard InChI is InChI=1S/C18H36O4/c1-2-3-4-5-6-7-8-9-10-11-12-13-14-17(19)15-22-16-18(20)21/h17,19H,2-16H2,1H3,(H,20,21). The molecule has 2 N–H and O–H groups in total. The van der Waals surface area contributed by atoms with E-state index in [0.29, 0.717) is 6.42 Å². The van der Waals surface area contributed by atoms with Gasteiger partial charge in [0.1, 0.15) is 6.61 Å². The third-order valence-electron chi connectivity index (χ3n) is 3.93.